The van der Waals surface area contributed by atoms with Crippen molar-refractivity contribution in [2.45, 2.75) is 0 Å². The van der Waals surface area contributed by atoms with Crippen molar-refractivity contribution in [2.75, 3.05) is 63.7 Å². The number of hydrogen-bond donors (Lipinski definition) is 0. The van der Waals surface area contributed by atoms with Crippen molar-refractivity contribution < 1.29 is 14.2 Å². The van der Waals surface area contributed by atoms with Crippen LogP contribution in [0.25, 0.3) is 0 Å². The maximum absolute atomic E-state index is 5.47. The van der Waals surface area contributed by atoms with Crippen LogP contribution in [0.3, 0.4) is 0 Å². The van der Waals surface area contributed by atoms with E-state index < -0.39 is 0 Å². The van der Waals surface area contributed by atoms with Gasteiger partial charge in [0.1, 0.15) is 0 Å². The second-order valence-electron chi connectivity index (χ2n) is 3.37. The second-order valence-corrected chi connectivity index (χ2v) is 4.45. The van der Waals surface area contributed by atoms with Crippen LogP contribution in [0.4, 0.5) is 0 Å². The summed E-state index contributed by atoms with van der Waals surface area (Å²) in [6.07, 6.45) is 0. The Morgan fingerprint density at radius 1 is 1.00 bits per heavy atom. The van der Waals surface area contributed by atoms with Gasteiger partial charge in [-0.1, -0.05) is 22.6 Å². The predicted octanol–water partition coefficient (Wildman–Crippen LogP) is 0.787. The minimum atomic E-state index is 0.709. The molecule has 0 amide bonds. The highest BCUT2D eigenvalue weighted by Crippen LogP contribution is 1.95. The van der Waals surface area contributed by atoms with Crippen LogP contribution in [0.2, 0.25) is 0 Å². The fourth-order valence-electron chi connectivity index (χ4n) is 1.39. The molecule has 0 aromatic rings. The number of hydrogen-bond acceptors (Lipinski definition) is 4. The lowest BCUT2D eigenvalue weighted by atomic mass is 10.4. The second kappa shape index (κ2) is 9.77. The Morgan fingerprint density at radius 3 is 2.33 bits per heavy atom. The number of alkyl halides is 1. The highest BCUT2D eigenvalue weighted by Gasteiger charge is 2.08. The first-order valence-corrected chi connectivity index (χ1v) is 6.97. The smallest absolute Gasteiger partial charge is 0.0701 e. The summed E-state index contributed by atoms with van der Waals surface area (Å²) in [5.41, 5.74) is 0. The maximum atomic E-state index is 5.47. The zero-order chi connectivity index (χ0) is 10.8. The molecule has 1 heterocycles. The molecule has 1 rings (SSSR count). The molecule has 1 aliphatic rings. The molecule has 4 nitrogen and oxygen atoms in total. The lowest BCUT2D eigenvalue weighted by Gasteiger charge is -2.26. The average Bonchev–Trinajstić information content (AvgIpc) is 2.29. The molecule has 0 atom stereocenters. The van der Waals surface area contributed by atoms with Gasteiger partial charge in [-0.2, -0.15) is 0 Å². The maximum Gasteiger partial charge on any atom is 0.0701 e. The summed E-state index contributed by atoms with van der Waals surface area (Å²) in [7, 11) is 0. The molecule has 0 unspecified atom stereocenters. The summed E-state index contributed by atoms with van der Waals surface area (Å²) >= 11 is 2.30. The highest BCUT2D eigenvalue weighted by atomic mass is 127. The van der Waals surface area contributed by atoms with E-state index in [0.717, 1.165) is 50.5 Å². The van der Waals surface area contributed by atoms with Gasteiger partial charge in [-0.05, 0) is 0 Å². The van der Waals surface area contributed by atoms with Crippen LogP contribution in [0, 0.1) is 0 Å². The molecule has 15 heavy (non-hydrogen) atoms. The first-order valence-electron chi connectivity index (χ1n) is 5.45. The topological polar surface area (TPSA) is 30.9 Å². The standard InChI is InChI=1S/C10H20INO3/c11-1-5-13-9-10-15-8-4-12-2-6-14-7-3-12/h1-10H2. The van der Waals surface area contributed by atoms with Gasteiger partial charge in [0, 0.05) is 24.1 Å². The van der Waals surface area contributed by atoms with E-state index >= 15 is 0 Å². The van der Waals surface area contributed by atoms with Crippen molar-refractivity contribution in [3.05, 3.63) is 0 Å². The van der Waals surface area contributed by atoms with Crippen molar-refractivity contribution in [2.24, 2.45) is 0 Å². The van der Waals surface area contributed by atoms with Crippen LogP contribution >= 0.6 is 22.6 Å². The van der Waals surface area contributed by atoms with Gasteiger partial charge in [0.25, 0.3) is 0 Å². The highest BCUT2D eigenvalue weighted by molar-refractivity contribution is 14.1. The summed E-state index contributed by atoms with van der Waals surface area (Å²) in [6.45, 7) is 7.85. The number of nitrogens with zero attached hydrogens (tertiary/aromatic N) is 1. The number of rotatable bonds is 8. The molecule has 0 spiro atoms. The van der Waals surface area contributed by atoms with E-state index in [9.17, 15) is 0 Å². The molecule has 5 heteroatoms. The minimum Gasteiger partial charge on any atom is -0.379 e. The first-order chi connectivity index (χ1) is 7.43. The summed E-state index contributed by atoms with van der Waals surface area (Å²) in [4.78, 5) is 2.37. The van der Waals surface area contributed by atoms with Crippen LogP contribution in [0.1, 0.15) is 0 Å². The molecule has 0 saturated carbocycles. The van der Waals surface area contributed by atoms with Gasteiger partial charge in [0.05, 0.1) is 39.6 Å². The van der Waals surface area contributed by atoms with E-state index in [1.54, 1.807) is 0 Å². The van der Waals surface area contributed by atoms with E-state index in [-0.39, 0.29) is 0 Å². The molecule has 1 saturated heterocycles. The van der Waals surface area contributed by atoms with E-state index in [2.05, 4.69) is 27.5 Å². The largest absolute Gasteiger partial charge is 0.379 e. The lowest BCUT2D eigenvalue weighted by molar-refractivity contribution is 0.00957. The normalized spacial score (nSPS) is 18.2. The Hall–Kier alpha value is 0.570. The van der Waals surface area contributed by atoms with Gasteiger partial charge < -0.3 is 14.2 Å². The van der Waals surface area contributed by atoms with Crippen LogP contribution in [-0.4, -0.2) is 68.6 Å². The Morgan fingerprint density at radius 2 is 1.67 bits per heavy atom. The zero-order valence-electron chi connectivity index (χ0n) is 9.12. The summed E-state index contributed by atoms with van der Waals surface area (Å²) < 4.78 is 17.1. The molecule has 0 aliphatic carbocycles. The number of morpholine rings is 1. The molecular weight excluding hydrogens is 309 g/mol. The SMILES string of the molecule is ICCOCCOCCN1CCOCC1. The Kier molecular flexibility index (Phi) is 8.88. The molecule has 1 aliphatic heterocycles. The van der Waals surface area contributed by atoms with E-state index in [0.29, 0.717) is 13.2 Å². The van der Waals surface area contributed by atoms with E-state index in [1.165, 1.54) is 0 Å². The first kappa shape index (κ1) is 13.6. The summed E-state index contributed by atoms with van der Waals surface area (Å²) in [6, 6.07) is 0. The Labute approximate surface area is 105 Å². The quantitative estimate of drug-likeness (QED) is 0.374. The third-order valence-electron chi connectivity index (χ3n) is 2.25. The molecule has 0 aromatic heterocycles. The molecule has 1 fully saturated rings. The fourth-order valence-corrected chi connectivity index (χ4v) is 1.71. The average molecular weight is 329 g/mol. The predicted molar refractivity (Wildman–Crippen MR) is 67.8 cm³/mol. The van der Waals surface area contributed by atoms with Gasteiger partial charge in [-0.3, -0.25) is 4.90 Å². The van der Waals surface area contributed by atoms with Crippen LogP contribution in [0.15, 0.2) is 0 Å². The number of ether oxygens (including phenoxy) is 3. The van der Waals surface area contributed by atoms with Crippen molar-refractivity contribution in [1.29, 1.82) is 0 Å². The van der Waals surface area contributed by atoms with Gasteiger partial charge in [-0.25, -0.2) is 0 Å². The fraction of sp³-hybridized carbons (Fsp3) is 1.00. The van der Waals surface area contributed by atoms with E-state index in [4.69, 9.17) is 14.2 Å². The zero-order valence-corrected chi connectivity index (χ0v) is 11.3. The summed E-state index contributed by atoms with van der Waals surface area (Å²) in [5, 5.41) is 0. The van der Waals surface area contributed by atoms with Crippen molar-refractivity contribution in [3.63, 3.8) is 0 Å². The van der Waals surface area contributed by atoms with Gasteiger partial charge in [-0.15, -0.1) is 0 Å². The van der Waals surface area contributed by atoms with Crippen molar-refractivity contribution >= 4 is 22.6 Å². The van der Waals surface area contributed by atoms with Crippen molar-refractivity contribution in [1.82, 2.24) is 4.90 Å². The van der Waals surface area contributed by atoms with Gasteiger partial charge >= 0.3 is 0 Å². The van der Waals surface area contributed by atoms with Crippen LogP contribution < -0.4 is 0 Å². The molecule has 0 N–H and O–H groups in total. The van der Waals surface area contributed by atoms with Crippen LogP contribution in [0.5, 0.6) is 0 Å². The van der Waals surface area contributed by atoms with Crippen LogP contribution in [-0.2, 0) is 14.2 Å². The van der Waals surface area contributed by atoms with Crippen molar-refractivity contribution in [3.8, 4) is 0 Å². The Balaban J connectivity index is 1.79. The monoisotopic (exact) mass is 329 g/mol. The van der Waals surface area contributed by atoms with Gasteiger partial charge in [0.2, 0.25) is 0 Å². The van der Waals surface area contributed by atoms with E-state index in [1.807, 2.05) is 0 Å². The molecule has 90 valence electrons. The molecule has 0 bridgehead atoms. The Bertz CT molecular complexity index is 143. The lowest BCUT2D eigenvalue weighted by Crippen LogP contribution is -2.38. The minimum absolute atomic E-state index is 0.709. The molecular formula is C10H20INO3. The third-order valence-corrected chi connectivity index (χ3v) is 2.69. The number of halogens is 1. The summed E-state index contributed by atoms with van der Waals surface area (Å²) in [5.74, 6) is 0. The van der Waals surface area contributed by atoms with Gasteiger partial charge in [0.15, 0.2) is 0 Å². The third kappa shape index (κ3) is 7.46. The molecule has 0 aromatic carbocycles. The molecule has 0 radical (unpaired) electrons.